The molecule has 0 saturated carbocycles. The first-order chi connectivity index (χ1) is 13.6. The van der Waals surface area contributed by atoms with Crippen LogP contribution in [0.3, 0.4) is 0 Å². The summed E-state index contributed by atoms with van der Waals surface area (Å²) >= 11 is 0. The van der Waals surface area contributed by atoms with Crippen molar-refractivity contribution in [3.63, 3.8) is 0 Å². The third-order valence-electron chi connectivity index (χ3n) is 4.06. The molecule has 1 aromatic heterocycles. The van der Waals surface area contributed by atoms with E-state index in [0.29, 0.717) is 18.0 Å². The van der Waals surface area contributed by atoms with E-state index >= 15 is 0 Å². The van der Waals surface area contributed by atoms with Crippen LogP contribution in [-0.4, -0.2) is 35.1 Å². The highest BCUT2D eigenvalue weighted by molar-refractivity contribution is 5.89. The molecule has 0 unspecified atom stereocenters. The van der Waals surface area contributed by atoms with Gasteiger partial charge in [0.2, 0.25) is 6.79 Å². The lowest BCUT2D eigenvalue weighted by atomic mass is 10.2. The van der Waals surface area contributed by atoms with Gasteiger partial charge in [0.25, 0.3) is 11.5 Å². The number of esters is 1. The van der Waals surface area contributed by atoms with Crippen molar-refractivity contribution < 1.29 is 23.8 Å². The van der Waals surface area contributed by atoms with E-state index in [9.17, 15) is 14.4 Å². The van der Waals surface area contributed by atoms with Crippen LogP contribution >= 0.6 is 0 Å². The number of benzene rings is 1. The van der Waals surface area contributed by atoms with Crippen LogP contribution in [0.2, 0.25) is 0 Å². The van der Waals surface area contributed by atoms with E-state index in [4.69, 9.17) is 14.2 Å². The van der Waals surface area contributed by atoms with E-state index in [-0.39, 0.29) is 24.6 Å². The van der Waals surface area contributed by atoms with Crippen molar-refractivity contribution >= 4 is 11.9 Å². The summed E-state index contributed by atoms with van der Waals surface area (Å²) in [6, 6.07) is 7.90. The Labute approximate surface area is 161 Å². The Bertz CT molecular complexity index is 924. The summed E-state index contributed by atoms with van der Waals surface area (Å²) < 4.78 is 16.7. The summed E-state index contributed by atoms with van der Waals surface area (Å²) in [7, 11) is 0. The molecule has 0 fully saturated rings. The molecule has 9 nitrogen and oxygen atoms in total. The van der Waals surface area contributed by atoms with Gasteiger partial charge in [0.05, 0.1) is 0 Å². The zero-order valence-corrected chi connectivity index (χ0v) is 15.5. The predicted octanol–water partition coefficient (Wildman–Crippen LogP) is 1.25. The van der Waals surface area contributed by atoms with Crippen molar-refractivity contribution in [3.8, 4) is 11.5 Å². The molecule has 9 heteroatoms. The topological polar surface area (TPSA) is 109 Å². The largest absolute Gasteiger partial charge is 0.454 e. The molecule has 0 saturated heterocycles. The molecule has 0 atom stereocenters. The van der Waals surface area contributed by atoms with Crippen molar-refractivity contribution in [1.82, 2.24) is 15.1 Å². The molecule has 1 aromatic carbocycles. The van der Waals surface area contributed by atoms with Gasteiger partial charge < -0.3 is 19.5 Å². The van der Waals surface area contributed by atoms with Crippen LogP contribution < -0.4 is 20.3 Å². The Balaban J connectivity index is 1.49. The van der Waals surface area contributed by atoms with Crippen molar-refractivity contribution in [1.29, 1.82) is 0 Å². The van der Waals surface area contributed by atoms with E-state index < -0.39 is 18.5 Å². The Kier molecular flexibility index (Phi) is 6.25. The highest BCUT2D eigenvalue weighted by Crippen LogP contribution is 2.32. The van der Waals surface area contributed by atoms with Gasteiger partial charge >= 0.3 is 5.97 Å². The Morgan fingerprint density at radius 3 is 2.86 bits per heavy atom. The van der Waals surface area contributed by atoms with Crippen molar-refractivity contribution in [2.45, 2.75) is 32.9 Å². The van der Waals surface area contributed by atoms with Crippen LogP contribution in [-0.2, 0) is 22.6 Å². The van der Waals surface area contributed by atoms with Gasteiger partial charge in [-0.3, -0.25) is 9.59 Å². The lowest BCUT2D eigenvalue weighted by molar-refractivity contribution is -0.124. The van der Waals surface area contributed by atoms with Gasteiger partial charge in [0.15, 0.2) is 23.8 Å². The number of nitrogens with one attached hydrogen (secondary N) is 1. The summed E-state index contributed by atoms with van der Waals surface area (Å²) in [6.07, 6.45) is 1.67. The number of ether oxygens (including phenoxy) is 3. The number of amides is 1. The fraction of sp³-hybridized carbons (Fsp3) is 0.368. The van der Waals surface area contributed by atoms with Crippen LogP contribution in [0.4, 0.5) is 0 Å². The minimum Gasteiger partial charge on any atom is -0.454 e. The molecule has 1 aliphatic heterocycles. The monoisotopic (exact) mass is 387 g/mol. The average molecular weight is 387 g/mol. The number of hydrogen-bond acceptors (Lipinski definition) is 7. The third kappa shape index (κ3) is 4.87. The van der Waals surface area contributed by atoms with Crippen LogP contribution in [0.5, 0.6) is 11.5 Å². The van der Waals surface area contributed by atoms with E-state index in [0.717, 1.165) is 18.4 Å². The van der Waals surface area contributed by atoms with Crippen LogP contribution in [0.1, 0.15) is 35.8 Å². The van der Waals surface area contributed by atoms with Gasteiger partial charge in [-0.2, -0.15) is 5.10 Å². The van der Waals surface area contributed by atoms with Crippen LogP contribution in [0.25, 0.3) is 0 Å². The highest BCUT2D eigenvalue weighted by Gasteiger charge is 2.15. The molecule has 3 rings (SSSR count). The molecular weight excluding hydrogens is 366 g/mol. The maximum absolute atomic E-state index is 12.1. The summed E-state index contributed by atoms with van der Waals surface area (Å²) in [4.78, 5) is 35.7. The number of aryl methyl sites for hydroxylation is 1. The number of hydrogen-bond donors (Lipinski definition) is 1. The molecular formula is C19H21N3O6. The number of fused-ring (bicyclic) bond motifs is 1. The number of aromatic nitrogens is 2. The number of carbonyl (C=O) groups is 2. The lowest BCUT2D eigenvalue weighted by Crippen LogP contribution is -2.29. The summed E-state index contributed by atoms with van der Waals surface area (Å²) in [5.41, 5.74) is 0.527. The second-order valence-corrected chi connectivity index (χ2v) is 6.17. The van der Waals surface area contributed by atoms with Crippen molar-refractivity contribution in [2.75, 3.05) is 13.4 Å². The standard InChI is InChI=1S/C19H21N3O6/c1-2-3-8-22-18(24)7-5-14(21-22)19(25)26-11-17(23)20-10-13-4-6-15-16(9-13)28-12-27-15/h4-7,9H,2-3,8,10-12H2,1H3,(H,20,23). The molecule has 2 heterocycles. The maximum Gasteiger partial charge on any atom is 0.359 e. The Morgan fingerprint density at radius 1 is 1.21 bits per heavy atom. The fourth-order valence-electron chi connectivity index (χ4n) is 2.53. The molecule has 0 spiro atoms. The van der Waals surface area contributed by atoms with Gasteiger partial charge in [0, 0.05) is 19.2 Å². The molecule has 1 aliphatic rings. The van der Waals surface area contributed by atoms with E-state index in [1.807, 2.05) is 13.0 Å². The normalized spacial score (nSPS) is 11.9. The van der Waals surface area contributed by atoms with E-state index in [1.165, 1.54) is 16.8 Å². The van der Waals surface area contributed by atoms with Crippen molar-refractivity contribution in [2.24, 2.45) is 0 Å². The first-order valence-electron chi connectivity index (χ1n) is 8.97. The first-order valence-corrected chi connectivity index (χ1v) is 8.97. The highest BCUT2D eigenvalue weighted by atomic mass is 16.7. The van der Waals surface area contributed by atoms with Crippen LogP contribution in [0.15, 0.2) is 35.1 Å². The predicted molar refractivity (Wildman–Crippen MR) is 98.1 cm³/mol. The summed E-state index contributed by atoms with van der Waals surface area (Å²) in [6.45, 7) is 2.41. The molecule has 148 valence electrons. The Morgan fingerprint density at radius 2 is 2.04 bits per heavy atom. The lowest BCUT2D eigenvalue weighted by Gasteiger charge is -2.08. The van der Waals surface area contributed by atoms with Crippen LogP contribution in [0, 0.1) is 0 Å². The quantitative estimate of drug-likeness (QED) is 0.679. The third-order valence-corrected chi connectivity index (χ3v) is 4.06. The zero-order chi connectivity index (χ0) is 19.9. The SMILES string of the molecule is CCCCn1nc(C(=O)OCC(=O)NCc2ccc3c(c2)OCO3)ccc1=O. The van der Waals surface area contributed by atoms with Gasteiger partial charge in [-0.15, -0.1) is 0 Å². The molecule has 0 bridgehead atoms. The first kappa shape index (κ1) is 19.4. The minimum absolute atomic E-state index is 0.0146. The Hall–Kier alpha value is -3.36. The number of nitrogens with zero attached hydrogens (tertiary/aromatic N) is 2. The summed E-state index contributed by atoms with van der Waals surface area (Å²) in [5.74, 6) is 0.0769. The fourth-order valence-corrected chi connectivity index (χ4v) is 2.53. The molecule has 1 amide bonds. The molecule has 0 aliphatic carbocycles. The van der Waals surface area contributed by atoms with Gasteiger partial charge in [-0.1, -0.05) is 19.4 Å². The smallest absolute Gasteiger partial charge is 0.359 e. The maximum atomic E-state index is 12.1. The number of rotatable bonds is 8. The number of unbranched alkanes of at least 4 members (excludes halogenated alkanes) is 1. The van der Waals surface area contributed by atoms with E-state index in [1.54, 1.807) is 12.1 Å². The molecule has 0 radical (unpaired) electrons. The molecule has 1 N–H and O–H groups in total. The van der Waals surface area contributed by atoms with Gasteiger partial charge in [0.1, 0.15) is 0 Å². The minimum atomic E-state index is -0.761. The average Bonchev–Trinajstić information content (AvgIpc) is 3.17. The van der Waals surface area contributed by atoms with E-state index in [2.05, 4.69) is 10.4 Å². The molecule has 2 aromatic rings. The number of carbonyl (C=O) groups excluding carboxylic acids is 2. The second-order valence-electron chi connectivity index (χ2n) is 6.17. The summed E-state index contributed by atoms with van der Waals surface area (Å²) in [5, 5.41) is 6.64. The molecule has 28 heavy (non-hydrogen) atoms. The van der Waals surface area contributed by atoms with Gasteiger partial charge in [-0.05, 0) is 30.2 Å². The zero-order valence-electron chi connectivity index (χ0n) is 15.5. The second kappa shape index (κ2) is 9.03. The van der Waals surface area contributed by atoms with Gasteiger partial charge in [-0.25, -0.2) is 9.48 Å². The van der Waals surface area contributed by atoms with Crippen molar-refractivity contribution in [3.05, 3.63) is 51.9 Å².